The van der Waals surface area contributed by atoms with Crippen molar-refractivity contribution in [3.63, 3.8) is 0 Å². The van der Waals surface area contributed by atoms with Gasteiger partial charge in [-0.3, -0.25) is 0 Å². The van der Waals surface area contributed by atoms with Crippen LogP contribution in [0.2, 0.25) is 5.28 Å². The van der Waals surface area contributed by atoms with Gasteiger partial charge in [-0.15, -0.1) is 0 Å². The molecule has 0 fully saturated rings. The standard InChI is InChI=1S/C10H18ClN5O/c1-5-12-8-13-7(11)14-9(15-8)16-10(2,3)6-17-4/h5-6H2,1-4H3,(H2,12,13,14,15,16). The monoisotopic (exact) mass is 259 g/mol. The summed E-state index contributed by atoms with van der Waals surface area (Å²) in [5.41, 5.74) is -0.275. The maximum absolute atomic E-state index is 5.82. The van der Waals surface area contributed by atoms with Gasteiger partial charge in [-0.05, 0) is 32.4 Å². The molecule has 1 aromatic heterocycles. The lowest BCUT2D eigenvalue weighted by molar-refractivity contribution is 0.158. The van der Waals surface area contributed by atoms with Crippen LogP contribution in [0, 0.1) is 0 Å². The molecule has 0 aliphatic carbocycles. The molecular formula is C10H18ClN5O. The Kier molecular flexibility index (Phi) is 4.89. The van der Waals surface area contributed by atoms with Crippen LogP contribution in [0.1, 0.15) is 20.8 Å². The first-order valence-corrected chi connectivity index (χ1v) is 5.77. The van der Waals surface area contributed by atoms with E-state index in [0.29, 0.717) is 18.5 Å². The van der Waals surface area contributed by atoms with Crippen molar-refractivity contribution in [3.8, 4) is 0 Å². The molecule has 1 rings (SSSR count). The number of rotatable bonds is 6. The highest BCUT2D eigenvalue weighted by Gasteiger charge is 2.19. The SMILES string of the molecule is CCNc1nc(Cl)nc(NC(C)(C)COC)n1. The first-order valence-electron chi connectivity index (χ1n) is 5.39. The maximum Gasteiger partial charge on any atom is 0.229 e. The molecule has 1 heterocycles. The molecule has 0 aromatic carbocycles. The van der Waals surface area contributed by atoms with Gasteiger partial charge in [0.2, 0.25) is 17.2 Å². The van der Waals surface area contributed by atoms with E-state index in [2.05, 4.69) is 25.6 Å². The number of hydrogen-bond acceptors (Lipinski definition) is 6. The minimum Gasteiger partial charge on any atom is -0.382 e. The highest BCUT2D eigenvalue weighted by atomic mass is 35.5. The molecule has 0 radical (unpaired) electrons. The third-order valence-corrected chi connectivity index (χ3v) is 2.07. The van der Waals surface area contributed by atoms with Gasteiger partial charge >= 0.3 is 0 Å². The Labute approximate surface area is 106 Å². The van der Waals surface area contributed by atoms with E-state index in [9.17, 15) is 0 Å². The number of halogens is 1. The quantitative estimate of drug-likeness (QED) is 0.812. The number of ether oxygens (including phenoxy) is 1. The molecular weight excluding hydrogens is 242 g/mol. The van der Waals surface area contributed by atoms with Crippen LogP contribution in [0.15, 0.2) is 0 Å². The third kappa shape index (κ3) is 4.70. The van der Waals surface area contributed by atoms with Gasteiger partial charge in [0, 0.05) is 13.7 Å². The van der Waals surface area contributed by atoms with Gasteiger partial charge in [0.25, 0.3) is 0 Å². The molecule has 0 spiro atoms. The largest absolute Gasteiger partial charge is 0.382 e. The van der Waals surface area contributed by atoms with E-state index >= 15 is 0 Å². The molecule has 0 atom stereocenters. The zero-order valence-electron chi connectivity index (χ0n) is 10.5. The van der Waals surface area contributed by atoms with Crippen molar-refractivity contribution in [2.24, 2.45) is 0 Å². The smallest absolute Gasteiger partial charge is 0.229 e. The van der Waals surface area contributed by atoms with Crippen molar-refractivity contribution < 1.29 is 4.74 Å². The van der Waals surface area contributed by atoms with Crippen LogP contribution in [-0.2, 0) is 4.74 Å². The predicted octanol–water partition coefficient (Wildman–Crippen LogP) is 1.79. The van der Waals surface area contributed by atoms with Gasteiger partial charge in [0.15, 0.2) is 0 Å². The van der Waals surface area contributed by atoms with Gasteiger partial charge in [-0.1, -0.05) is 0 Å². The van der Waals surface area contributed by atoms with Crippen LogP contribution >= 0.6 is 11.6 Å². The fraction of sp³-hybridized carbons (Fsp3) is 0.700. The summed E-state index contributed by atoms with van der Waals surface area (Å²) in [6, 6.07) is 0. The zero-order valence-corrected chi connectivity index (χ0v) is 11.3. The third-order valence-electron chi connectivity index (χ3n) is 1.90. The molecule has 0 saturated heterocycles. The van der Waals surface area contributed by atoms with Crippen molar-refractivity contribution >= 4 is 23.5 Å². The molecule has 0 aliphatic rings. The topological polar surface area (TPSA) is 72.0 Å². The second kappa shape index (κ2) is 5.97. The maximum atomic E-state index is 5.82. The number of anilines is 2. The van der Waals surface area contributed by atoms with Gasteiger partial charge in [0.1, 0.15) is 0 Å². The summed E-state index contributed by atoms with van der Waals surface area (Å²) in [4.78, 5) is 12.2. The fourth-order valence-electron chi connectivity index (χ4n) is 1.34. The molecule has 6 nitrogen and oxygen atoms in total. The van der Waals surface area contributed by atoms with E-state index in [1.165, 1.54) is 0 Å². The molecule has 17 heavy (non-hydrogen) atoms. The van der Waals surface area contributed by atoms with Gasteiger partial charge in [-0.25, -0.2) is 0 Å². The van der Waals surface area contributed by atoms with Crippen LogP contribution in [0.5, 0.6) is 0 Å². The Hall–Kier alpha value is -1.14. The van der Waals surface area contributed by atoms with E-state index < -0.39 is 0 Å². The van der Waals surface area contributed by atoms with Gasteiger partial charge in [0.05, 0.1) is 12.1 Å². The number of nitrogens with zero attached hydrogens (tertiary/aromatic N) is 3. The zero-order chi connectivity index (χ0) is 12.9. The van der Waals surface area contributed by atoms with Crippen molar-refractivity contribution in [3.05, 3.63) is 5.28 Å². The number of aromatic nitrogens is 3. The van der Waals surface area contributed by atoms with E-state index in [1.54, 1.807) is 7.11 Å². The summed E-state index contributed by atoms with van der Waals surface area (Å²) in [7, 11) is 1.65. The number of hydrogen-bond donors (Lipinski definition) is 2. The number of methoxy groups -OCH3 is 1. The molecule has 0 saturated carbocycles. The number of nitrogens with one attached hydrogen (secondary N) is 2. The lowest BCUT2D eigenvalue weighted by atomic mass is 10.1. The lowest BCUT2D eigenvalue weighted by Gasteiger charge is -2.25. The molecule has 0 unspecified atom stereocenters. The van der Waals surface area contributed by atoms with Gasteiger partial charge in [-0.2, -0.15) is 15.0 Å². The minimum atomic E-state index is -0.275. The molecule has 2 N–H and O–H groups in total. The van der Waals surface area contributed by atoms with Crippen molar-refractivity contribution in [1.82, 2.24) is 15.0 Å². The van der Waals surface area contributed by atoms with E-state index in [-0.39, 0.29) is 10.8 Å². The summed E-state index contributed by atoms with van der Waals surface area (Å²) in [5.74, 6) is 0.895. The Morgan fingerprint density at radius 3 is 2.47 bits per heavy atom. The van der Waals surface area contributed by atoms with Crippen LogP contribution in [0.25, 0.3) is 0 Å². The van der Waals surface area contributed by atoms with E-state index in [1.807, 2.05) is 20.8 Å². The second-order valence-corrected chi connectivity index (χ2v) is 4.56. The summed E-state index contributed by atoms with van der Waals surface area (Å²) in [6.07, 6.45) is 0. The predicted molar refractivity (Wildman–Crippen MR) is 68.6 cm³/mol. The van der Waals surface area contributed by atoms with Crippen LogP contribution in [0.4, 0.5) is 11.9 Å². The Balaban J connectivity index is 2.83. The molecule has 0 aliphatic heterocycles. The summed E-state index contributed by atoms with van der Waals surface area (Å²) < 4.78 is 5.10. The lowest BCUT2D eigenvalue weighted by Crippen LogP contribution is -2.36. The molecule has 7 heteroatoms. The molecule has 0 bridgehead atoms. The first kappa shape index (κ1) is 13.9. The van der Waals surface area contributed by atoms with E-state index in [4.69, 9.17) is 16.3 Å². The Morgan fingerprint density at radius 2 is 1.88 bits per heavy atom. The second-order valence-electron chi connectivity index (χ2n) is 4.22. The average Bonchev–Trinajstić information content (AvgIpc) is 2.15. The average molecular weight is 260 g/mol. The highest BCUT2D eigenvalue weighted by Crippen LogP contribution is 2.14. The van der Waals surface area contributed by atoms with Crippen molar-refractivity contribution in [2.75, 3.05) is 30.9 Å². The normalized spacial score (nSPS) is 11.4. The Morgan fingerprint density at radius 1 is 1.24 bits per heavy atom. The summed E-state index contributed by atoms with van der Waals surface area (Å²) in [5, 5.41) is 6.29. The van der Waals surface area contributed by atoms with E-state index in [0.717, 1.165) is 6.54 Å². The summed E-state index contributed by atoms with van der Waals surface area (Å²) in [6.45, 7) is 7.19. The first-order chi connectivity index (χ1) is 7.96. The molecule has 1 aromatic rings. The molecule has 96 valence electrons. The van der Waals surface area contributed by atoms with Crippen molar-refractivity contribution in [1.29, 1.82) is 0 Å². The van der Waals surface area contributed by atoms with Gasteiger partial charge < -0.3 is 15.4 Å². The molecule has 0 amide bonds. The van der Waals surface area contributed by atoms with Crippen molar-refractivity contribution in [2.45, 2.75) is 26.3 Å². The Bertz CT molecular complexity index is 372. The van der Waals surface area contributed by atoms with Crippen LogP contribution in [-0.4, -0.2) is 40.8 Å². The summed E-state index contributed by atoms with van der Waals surface area (Å²) >= 11 is 5.82. The fourth-order valence-corrected chi connectivity index (χ4v) is 1.50. The van der Waals surface area contributed by atoms with Crippen LogP contribution < -0.4 is 10.6 Å². The highest BCUT2D eigenvalue weighted by molar-refractivity contribution is 6.28. The minimum absolute atomic E-state index is 0.159. The van der Waals surface area contributed by atoms with Crippen LogP contribution in [0.3, 0.4) is 0 Å².